The molecule has 4 heteroatoms. The summed E-state index contributed by atoms with van der Waals surface area (Å²) in [6, 6.07) is 0.313. The van der Waals surface area contributed by atoms with Gasteiger partial charge in [-0.15, -0.1) is 0 Å². The van der Waals surface area contributed by atoms with Gasteiger partial charge in [-0.2, -0.15) is 0 Å². The Labute approximate surface area is 104 Å². The number of nitrogens with two attached hydrogens (primary N) is 1. The predicted octanol–water partition coefficient (Wildman–Crippen LogP) is 1.70. The summed E-state index contributed by atoms with van der Waals surface area (Å²) >= 11 is 0. The standard InChI is InChI=1S/C13H25N3O/c1-2-5-13(6-7-13)10-15-11-3-8-16(9-4-11)12(14)17/h11,15H,2-10H2,1H3,(H2,14,17). The van der Waals surface area contributed by atoms with Crippen LogP contribution >= 0.6 is 0 Å². The molecule has 4 nitrogen and oxygen atoms in total. The van der Waals surface area contributed by atoms with Crippen LogP contribution in [0.2, 0.25) is 0 Å². The van der Waals surface area contributed by atoms with E-state index in [2.05, 4.69) is 12.2 Å². The number of primary amides is 1. The zero-order valence-corrected chi connectivity index (χ0v) is 10.9. The fraction of sp³-hybridized carbons (Fsp3) is 0.923. The van der Waals surface area contributed by atoms with Crippen molar-refractivity contribution < 1.29 is 4.79 Å². The topological polar surface area (TPSA) is 58.4 Å². The third-order valence-electron chi connectivity index (χ3n) is 4.31. The van der Waals surface area contributed by atoms with Crippen LogP contribution in [0.15, 0.2) is 0 Å². The highest BCUT2D eigenvalue weighted by atomic mass is 16.2. The van der Waals surface area contributed by atoms with Crippen LogP contribution in [0, 0.1) is 5.41 Å². The molecule has 0 aromatic carbocycles. The average molecular weight is 239 g/mol. The maximum absolute atomic E-state index is 11.0. The van der Waals surface area contributed by atoms with E-state index in [-0.39, 0.29) is 6.03 Å². The molecule has 1 saturated carbocycles. The Morgan fingerprint density at radius 2 is 2.06 bits per heavy atom. The molecule has 0 atom stereocenters. The number of hydrogen-bond acceptors (Lipinski definition) is 2. The number of amides is 2. The van der Waals surface area contributed by atoms with Gasteiger partial charge in [-0.05, 0) is 37.5 Å². The van der Waals surface area contributed by atoms with Crippen LogP contribution in [0.25, 0.3) is 0 Å². The smallest absolute Gasteiger partial charge is 0.314 e. The molecular weight excluding hydrogens is 214 g/mol. The van der Waals surface area contributed by atoms with Gasteiger partial charge < -0.3 is 16.0 Å². The lowest BCUT2D eigenvalue weighted by atomic mass is 9.98. The van der Waals surface area contributed by atoms with Gasteiger partial charge in [-0.3, -0.25) is 0 Å². The number of piperidine rings is 1. The average Bonchev–Trinajstić information content (AvgIpc) is 3.08. The van der Waals surface area contributed by atoms with E-state index in [0.717, 1.165) is 25.9 Å². The highest BCUT2D eigenvalue weighted by Crippen LogP contribution is 2.49. The maximum Gasteiger partial charge on any atom is 0.314 e. The van der Waals surface area contributed by atoms with E-state index in [1.807, 2.05) is 0 Å². The minimum absolute atomic E-state index is 0.270. The van der Waals surface area contributed by atoms with Gasteiger partial charge in [0.05, 0.1) is 0 Å². The van der Waals surface area contributed by atoms with Crippen LogP contribution in [-0.4, -0.2) is 36.6 Å². The Hall–Kier alpha value is -0.770. The van der Waals surface area contributed by atoms with E-state index >= 15 is 0 Å². The molecule has 98 valence electrons. The maximum atomic E-state index is 11.0. The summed E-state index contributed by atoms with van der Waals surface area (Å²) in [5, 5.41) is 3.69. The molecule has 2 aliphatic rings. The summed E-state index contributed by atoms with van der Waals surface area (Å²) in [6.45, 7) is 5.06. The van der Waals surface area contributed by atoms with E-state index in [1.165, 1.54) is 32.2 Å². The fourth-order valence-corrected chi connectivity index (χ4v) is 2.89. The Morgan fingerprint density at radius 3 is 2.53 bits per heavy atom. The molecular formula is C13H25N3O. The number of nitrogens with one attached hydrogen (secondary N) is 1. The van der Waals surface area contributed by atoms with E-state index in [4.69, 9.17) is 5.73 Å². The molecule has 1 aliphatic heterocycles. The number of rotatable bonds is 5. The Bertz CT molecular complexity index is 268. The summed E-state index contributed by atoms with van der Waals surface area (Å²) in [4.78, 5) is 12.7. The second kappa shape index (κ2) is 5.25. The lowest BCUT2D eigenvalue weighted by Gasteiger charge is -2.32. The normalized spacial score (nSPS) is 23.7. The van der Waals surface area contributed by atoms with Crippen molar-refractivity contribution in [1.29, 1.82) is 0 Å². The molecule has 0 bridgehead atoms. The monoisotopic (exact) mass is 239 g/mol. The Kier molecular flexibility index (Phi) is 3.92. The zero-order chi connectivity index (χ0) is 12.3. The SMILES string of the molecule is CCCC1(CNC2CCN(C(N)=O)CC2)CC1. The first kappa shape index (κ1) is 12.7. The van der Waals surface area contributed by atoms with Crippen molar-refractivity contribution in [3.63, 3.8) is 0 Å². The first-order valence-electron chi connectivity index (χ1n) is 6.93. The molecule has 1 saturated heterocycles. The van der Waals surface area contributed by atoms with E-state index in [9.17, 15) is 4.79 Å². The highest BCUT2D eigenvalue weighted by molar-refractivity contribution is 5.72. The molecule has 3 N–H and O–H groups in total. The fourth-order valence-electron chi connectivity index (χ4n) is 2.89. The van der Waals surface area contributed by atoms with Gasteiger partial charge >= 0.3 is 6.03 Å². The molecule has 17 heavy (non-hydrogen) atoms. The summed E-state index contributed by atoms with van der Waals surface area (Å²) in [7, 11) is 0. The van der Waals surface area contributed by atoms with Gasteiger partial charge in [0.15, 0.2) is 0 Å². The molecule has 0 spiro atoms. The number of nitrogens with zero attached hydrogens (tertiary/aromatic N) is 1. The zero-order valence-electron chi connectivity index (χ0n) is 10.9. The van der Waals surface area contributed by atoms with E-state index < -0.39 is 0 Å². The quantitative estimate of drug-likeness (QED) is 0.767. The third-order valence-corrected chi connectivity index (χ3v) is 4.31. The molecule has 1 aliphatic carbocycles. The molecule has 1 heterocycles. The van der Waals surface area contributed by atoms with Gasteiger partial charge in [0.1, 0.15) is 0 Å². The lowest BCUT2D eigenvalue weighted by Crippen LogP contribution is -2.47. The second-order valence-electron chi connectivity index (χ2n) is 5.73. The van der Waals surface area contributed by atoms with Crippen molar-refractivity contribution >= 4 is 6.03 Å². The van der Waals surface area contributed by atoms with Crippen molar-refractivity contribution in [1.82, 2.24) is 10.2 Å². The summed E-state index contributed by atoms with van der Waals surface area (Å²) in [6.07, 6.45) is 7.54. The molecule has 0 radical (unpaired) electrons. The highest BCUT2D eigenvalue weighted by Gasteiger charge is 2.41. The first-order valence-corrected chi connectivity index (χ1v) is 6.93. The van der Waals surface area contributed by atoms with Crippen LogP contribution in [0.5, 0.6) is 0 Å². The summed E-state index contributed by atoms with van der Waals surface area (Å²) < 4.78 is 0. The first-order chi connectivity index (χ1) is 8.15. The van der Waals surface area contributed by atoms with Gasteiger partial charge in [0.25, 0.3) is 0 Å². The largest absolute Gasteiger partial charge is 0.351 e. The van der Waals surface area contributed by atoms with Crippen LogP contribution in [0.3, 0.4) is 0 Å². The number of urea groups is 1. The van der Waals surface area contributed by atoms with Crippen LogP contribution < -0.4 is 11.1 Å². The Balaban J connectivity index is 1.67. The summed E-state index contributed by atoms with van der Waals surface area (Å²) in [5.41, 5.74) is 5.89. The predicted molar refractivity (Wildman–Crippen MR) is 68.8 cm³/mol. The molecule has 0 unspecified atom stereocenters. The lowest BCUT2D eigenvalue weighted by molar-refractivity contribution is 0.183. The molecule has 2 rings (SSSR count). The minimum atomic E-state index is -0.270. The van der Waals surface area contributed by atoms with Gasteiger partial charge in [-0.25, -0.2) is 4.79 Å². The van der Waals surface area contributed by atoms with Crippen LogP contribution in [0.4, 0.5) is 4.79 Å². The van der Waals surface area contributed by atoms with Gasteiger partial charge in [0.2, 0.25) is 0 Å². The number of hydrogen-bond donors (Lipinski definition) is 2. The number of carbonyl (C=O) groups excluding carboxylic acids is 1. The van der Waals surface area contributed by atoms with Crippen LogP contribution in [0.1, 0.15) is 45.4 Å². The summed E-state index contributed by atoms with van der Waals surface area (Å²) in [5.74, 6) is 0. The van der Waals surface area contributed by atoms with Crippen molar-refractivity contribution in [2.75, 3.05) is 19.6 Å². The van der Waals surface area contributed by atoms with Gasteiger partial charge in [0, 0.05) is 25.7 Å². The van der Waals surface area contributed by atoms with Crippen molar-refractivity contribution in [3.8, 4) is 0 Å². The molecule has 0 aromatic rings. The minimum Gasteiger partial charge on any atom is -0.351 e. The van der Waals surface area contributed by atoms with Crippen molar-refractivity contribution in [3.05, 3.63) is 0 Å². The van der Waals surface area contributed by atoms with E-state index in [1.54, 1.807) is 4.90 Å². The number of carbonyl (C=O) groups is 1. The second-order valence-corrected chi connectivity index (χ2v) is 5.73. The van der Waals surface area contributed by atoms with Crippen molar-refractivity contribution in [2.24, 2.45) is 11.1 Å². The Morgan fingerprint density at radius 1 is 1.41 bits per heavy atom. The van der Waals surface area contributed by atoms with Crippen molar-refractivity contribution in [2.45, 2.75) is 51.5 Å². The molecule has 0 aromatic heterocycles. The van der Waals surface area contributed by atoms with Crippen LogP contribution in [-0.2, 0) is 0 Å². The molecule has 2 amide bonds. The molecule has 2 fully saturated rings. The number of likely N-dealkylation sites (tertiary alicyclic amines) is 1. The van der Waals surface area contributed by atoms with Gasteiger partial charge in [-0.1, -0.05) is 13.3 Å². The van der Waals surface area contributed by atoms with E-state index in [0.29, 0.717) is 11.5 Å². The third kappa shape index (κ3) is 3.35.